The lowest BCUT2D eigenvalue weighted by molar-refractivity contribution is 0.549. The molecule has 0 radical (unpaired) electrons. The van der Waals surface area contributed by atoms with E-state index in [2.05, 4.69) is 69.4 Å². The molecule has 2 aromatic rings. The van der Waals surface area contributed by atoms with E-state index in [9.17, 15) is 0 Å². The van der Waals surface area contributed by atoms with Crippen molar-refractivity contribution >= 4 is 5.69 Å². The van der Waals surface area contributed by atoms with Gasteiger partial charge in [0.25, 0.3) is 0 Å². The summed E-state index contributed by atoms with van der Waals surface area (Å²) in [4.78, 5) is 0. The number of hydrogen-bond acceptors (Lipinski definition) is 2. The van der Waals surface area contributed by atoms with E-state index in [4.69, 9.17) is 0 Å². The van der Waals surface area contributed by atoms with Gasteiger partial charge in [-0.15, -0.1) is 0 Å². The van der Waals surface area contributed by atoms with Crippen LogP contribution in [0.5, 0.6) is 0 Å². The lowest BCUT2D eigenvalue weighted by atomic mass is 9.89. The minimum absolute atomic E-state index is 0.0671. The summed E-state index contributed by atoms with van der Waals surface area (Å²) < 4.78 is 1.91. The number of anilines is 1. The average molecular weight is 285 g/mol. The van der Waals surface area contributed by atoms with Crippen molar-refractivity contribution in [3.63, 3.8) is 0 Å². The van der Waals surface area contributed by atoms with Gasteiger partial charge in [0.05, 0.1) is 5.69 Å². The molecule has 0 bridgehead atoms. The highest BCUT2D eigenvalue weighted by Crippen LogP contribution is 2.26. The summed E-state index contributed by atoms with van der Waals surface area (Å²) in [7, 11) is 1.99. The van der Waals surface area contributed by atoms with Crippen molar-refractivity contribution in [3.05, 3.63) is 46.8 Å². The summed E-state index contributed by atoms with van der Waals surface area (Å²) >= 11 is 0. The second-order valence-corrected chi connectivity index (χ2v) is 6.74. The third-order valence-electron chi connectivity index (χ3n) is 3.81. The molecule has 0 fully saturated rings. The third-order valence-corrected chi connectivity index (χ3v) is 3.81. The molecule has 0 atom stereocenters. The maximum Gasteiger partial charge on any atom is 0.0727 e. The second kappa shape index (κ2) is 5.92. The van der Waals surface area contributed by atoms with Crippen LogP contribution in [0, 0.1) is 6.92 Å². The molecule has 3 heteroatoms. The van der Waals surface area contributed by atoms with Gasteiger partial charge in [0, 0.05) is 36.5 Å². The smallest absolute Gasteiger partial charge is 0.0727 e. The molecule has 0 spiro atoms. The molecule has 0 aliphatic carbocycles. The number of benzene rings is 1. The average Bonchev–Trinajstić information content (AvgIpc) is 2.78. The highest BCUT2D eigenvalue weighted by Gasteiger charge is 2.21. The van der Waals surface area contributed by atoms with Crippen LogP contribution in [0.4, 0.5) is 5.69 Å². The quantitative estimate of drug-likeness (QED) is 0.912. The number of nitrogens with one attached hydrogen (secondary N) is 1. The van der Waals surface area contributed by atoms with Crippen LogP contribution < -0.4 is 5.32 Å². The molecule has 2 rings (SSSR count). The highest BCUT2D eigenvalue weighted by atomic mass is 15.3. The molecule has 114 valence electrons. The standard InChI is InChI=1S/C18H27N3/c1-7-14-10-8-9-13(2)16(14)19-11-15-12-21(6)20-17(15)18(3,4)5/h8-10,12,19H,7,11H2,1-6H3. The van der Waals surface area contributed by atoms with Crippen molar-refractivity contribution in [1.82, 2.24) is 9.78 Å². The monoisotopic (exact) mass is 285 g/mol. The maximum absolute atomic E-state index is 4.64. The zero-order valence-electron chi connectivity index (χ0n) is 14.1. The third kappa shape index (κ3) is 3.46. The van der Waals surface area contributed by atoms with E-state index >= 15 is 0 Å². The van der Waals surface area contributed by atoms with E-state index in [1.807, 2.05) is 11.7 Å². The van der Waals surface area contributed by atoms with Crippen LogP contribution in [0.15, 0.2) is 24.4 Å². The van der Waals surface area contributed by atoms with Crippen LogP contribution in [0.25, 0.3) is 0 Å². The first kappa shape index (κ1) is 15.6. The number of para-hydroxylation sites is 1. The van der Waals surface area contributed by atoms with Gasteiger partial charge in [0.2, 0.25) is 0 Å². The lowest BCUT2D eigenvalue weighted by Crippen LogP contribution is -2.16. The first-order valence-electron chi connectivity index (χ1n) is 7.68. The van der Waals surface area contributed by atoms with Gasteiger partial charge in [0.1, 0.15) is 0 Å². The molecule has 0 aliphatic heterocycles. The van der Waals surface area contributed by atoms with E-state index in [-0.39, 0.29) is 5.41 Å². The molecule has 0 aliphatic rings. The lowest BCUT2D eigenvalue weighted by Gasteiger charge is -2.19. The Kier molecular flexibility index (Phi) is 4.40. The van der Waals surface area contributed by atoms with E-state index in [0.717, 1.165) is 13.0 Å². The van der Waals surface area contributed by atoms with Gasteiger partial charge in [-0.1, -0.05) is 45.9 Å². The summed E-state index contributed by atoms with van der Waals surface area (Å²) in [5.41, 5.74) is 6.45. The summed E-state index contributed by atoms with van der Waals surface area (Å²) in [5, 5.41) is 8.26. The first-order valence-corrected chi connectivity index (χ1v) is 7.68. The Morgan fingerprint density at radius 1 is 1.19 bits per heavy atom. The molecular weight excluding hydrogens is 258 g/mol. The number of rotatable bonds is 4. The fraction of sp³-hybridized carbons (Fsp3) is 0.500. The molecule has 1 N–H and O–H groups in total. The Hall–Kier alpha value is -1.77. The van der Waals surface area contributed by atoms with Crippen LogP contribution >= 0.6 is 0 Å². The van der Waals surface area contributed by atoms with E-state index < -0.39 is 0 Å². The Morgan fingerprint density at radius 3 is 2.52 bits per heavy atom. The van der Waals surface area contributed by atoms with Gasteiger partial charge >= 0.3 is 0 Å². The van der Waals surface area contributed by atoms with Crippen LogP contribution in [-0.2, 0) is 25.4 Å². The molecule has 0 saturated carbocycles. The first-order chi connectivity index (χ1) is 9.82. The summed E-state index contributed by atoms with van der Waals surface area (Å²) in [6, 6.07) is 6.49. The van der Waals surface area contributed by atoms with Crippen LogP contribution in [0.3, 0.4) is 0 Å². The normalized spacial score (nSPS) is 11.7. The van der Waals surface area contributed by atoms with Crippen LogP contribution in [0.2, 0.25) is 0 Å². The number of nitrogens with zero attached hydrogens (tertiary/aromatic N) is 2. The Labute approximate surface area is 128 Å². The van der Waals surface area contributed by atoms with Crippen LogP contribution in [0.1, 0.15) is 50.1 Å². The predicted molar refractivity (Wildman–Crippen MR) is 89.8 cm³/mol. The SMILES string of the molecule is CCc1cccc(C)c1NCc1cn(C)nc1C(C)(C)C. The molecule has 3 nitrogen and oxygen atoms in total. The fourth-order valence-corrected chi connectivity index (χ4v) is 2.76. The molecule has 1 aromatic carbocycles. The predicted octanol–water partition coefficient (Wildman–Crippen LogP) is 4.20. The number of aromatic nitrogens is 2. The highest BCUT2D eigenvalue weighted by molar-refractivity contribution is 5.57. The Morgan fingerprint density at radius 2 is 1.90 bits per heavy atom. The van der Waals surface area contributed by atoms with Crippen molar-refractivity contribution in [2.45, 2.75) is 53.0 Å². The van der Waals surface area contributed by atoms with Gasteiger partial charge in [0.15, 0.2) is 0 Å². The van der Waals surface area contributed by atoms with Gasteiger partial charge < -0.3 is 5.32 Å². The minimum Gasteiger partial charge on any atom is -0.380 e. The molecule has 1 aromatic heterocycles. The zero-order valence-corrected chi connectivity index (χ0v) is 14.1. The molecular formula is C18H27N3. The number of aryl methyl sites for hydroxylation is 3. The summed E-state index contributed by atoms with van der Waals surface area (Å²) in [6.07, 6.45) is 3.17. The van der Waals surface area contributed by atoms with Crippen molar-refractivity contribution in [2.24, 2.45) is 7.05 Å². The zero-order chi connectivity index (χ0) is 15.6. The molecule has 0 amide bonds. The van der Waals surface area contributed by atoms with E-state index in [1.165, 1.54) is 28.1 Å². The number of hydrogen-bond donors (Lipinski definition) is 1. The van der Waals surface area contributed by atoms with E-state index in [0.29, 0.717) is 0 Å². The molecule has 21 heavy (non-hydrogen) atoms. The van der Waals surface area contributed by atoms with Gasteiger partial charge in [-0.05, 0) is 24.5 Å². The molecule has 1 heterocycles. The van der Waals surface area contributed by atoms with Crippen molar-refractivity contribution in [1.29, 1.82) is 0 Å². The Bertz CT molecular complexity index is 618. The minimum atomic E-state index is 0.0671. The van der Waals surface area contributed by atoms with Crippen LogP contribution in [-0.4, -0.2) is 9.78 Å². The van der Waals surface area contributed by atoms with Crippen molar-refractivity contribution in [2.75, 3.05) is 5.32 Å². The van der Waals surface area contributed by atoms with Gasteiger partial charge in [-0.3, -0.25) is 4.68 Å². The maximum atomic E-state index is 4.64. The Balaban J connectivity index is 2.25. The topological polar surface area (TPSA) is 29.9 Å². The fourth-order valence-electron chi connectivity index (χ4n) is 2.76. The summed E-state index contributed by atoms with van der Waals surface area (Å²) in [5.74, 6) is 0. The van der Waals surface area contributed by atoms with Gasteiger partial charge in [-0.2, -0.15) is 5.10 Å². The van der Waals surface area contributed by atoms with Crippen molar-refractivity contribution < 1.29 is 0 Å². The molecule has 0 saturated heterocycles. The summed E-state index contributed by atoms with van der Waals surface area (Å²) in [6.45, 7) is 11.8. The van der Waals surface area contributed by atoms with Crippen molar-refractivity contribution in [3.8, 4) is 0 Å². The van der Waals surface area contributed by atoms with E-state index in [1.54, 1.807) is 0 Å². The largest absolute Gasteiger partial charge is 0.380 e. The molecule has 0 unspecified atom stereocenters. The van der Waals surface area contributed by atoms with Gasteiger partial charge in [-0.25, -0.2) is 0 Å². The second-order valence-electron chi connectivity index (χ2n) is 6.74.